The van der Waals surface area contributed by atoms with E-state index in [2.05, 4.69) is 10.2 Å². The van der Waals surface area contributed by atoms with Crippen LogP contribution < -0.4 is 11.1 Å². The maximum absolute atomic E-state index is 13.0. The molecule has 2 saturated heterocycles. The van der Waals surface area contributed by atoms with Gasteiger partial charge in [-0.1, -0.05) is 6.07 Å². The number of nitrogens with zero attached hydrogens (tertiary/aromatic N) is 2. The number of likely N-dealkylation sites (tertiary alicyclic amines) is 1. The predicted octanol–water partition coefficient (Wildman–Crippen LogP) is 0.0259. The monoisotopic (exact) mass is 414 g/mol. The third-order valence-electron chi connectivity index (χ3n) is 6.28. The second-order valence-corrected chi connectivity index (χ2v) is 8.07. The second-order valence-electron chi connectivity index (χ2n) is 8.07. The number of hydrogen-bond acceptors (Lipinski definition) is 7. The molecule has 3 aliphatic rings. The van der Waals surface area contributed by atoms with Gasteiger partial charge in [-0.2, -0.15) is 0 Å². The van der Waals surface area contributed by atoms with Gasteiger partial charge in [0.15, 0.2) is 0 Å². The van der Waals surface area contributed by atoms with Crippen molar-refractivity contribution in [1.29, 1.82) is 0 Å². The molecule has 0 radical (unpaired) electrons. The number of ether oxygens (including phenoxy) is 1. The summed E-state index contributed by atoms with van der Waals surface area (Å²) in [6, 6.07) is 4.46. The Kier molecular flexibility index (Phi) is 5.68. The fourth-order valence-electron chi connectivity index (χ4n) is 4.58. The molecule has 30 heavy (non-hydrogen) atoms. The van der Waals surface area contributed by atoms with Crippen LogP contribution in [0.4, 0.5) is 0 Å². The van der Waals surface area contributed by atoms with Crippen LogP contribution in [0.1, 0.15) is 52.0 Å². The number of methoxy groups -OCH3 is 1. The first-order chi connectivity index (χ1) is 14.4. The SMILES string of the molecule is CO[C@@H]1CCN(Cc2ccc3c(c2)C(=O)N(C2CCC(=O)NC2=O)C3=O)[C@H](CN)C1. The Morgan fingerprint density at radius 2 is 1.90 bits per heavy atom. The van der Waals surface area contributed by atoms with Crippen LogP contribution in [-0.2, 0) is 20.9 Å². The van der Waals surface area contributed by atoms with Gasteiger partial charge in [0.05, 0.1) is 17.2 Å². The number of amides is 4. The minimum absolute atomic E-state index is 0.104. The zero-order chi connectivity index (χ0) is 21.4. The lowest BCUT2D eigenvalue weighted by Crippen LogP contribution is -2.54. The van der Waals surface area contributed by atoms with Crippen molar-refractivity contribution in [3.8, 4) is 0 Å². The van der Waals surface area contributed by atoms with Crippen LogP contribution in [0.25, 0.3) is 0 Å². The van der Waals surface area contributed by atoms with Crippen LogP contribution >= 0.6 is 0 Å². The summed E-state index contributed by atoms with van der Waals surface area (Å²) >= 11 is 0. The average molecular weight is 414 g/mol. The molecule has 9 heteroatoms. The summed E-state index contributed by atoms with van der Waals surface area (Å²) in [5.41, 5.74) is 7.46. The summed E-state index contributed by atoms with van der Waals surface area (Å²) in [6.07, 6.45) is 2.23. The largest absolute Gasteiger partial charge is 0.381 e. The standard InChI is InChI=1S/C21H26N4O5/c1-30-14-6-7-24(13(9-14)10-22)11-12-2-3-15-16(8-12)21(29)25(20(15)28)17-4-5-18(26)23-19(17)27/h2-3,8,13-14,17H,4-7,9-11,22H2,1H3,(H,23,26,27)/t13-,14+,17?/m0/s1. The normalized spacial score (nSPS) is 27.4. The van der Waals surface area contributed by atoms with Crippen molar-refractivity contribution in [2.45, 2.75) is 50.4 Å². The maximum Gasteiger partial charge on any atom is 0.262 e. The highest BCUT2D eigenvalue weighted by Gasteiger charge is 2.44. The van der Waals surface area contributed by atoms with E-state index in [0.717, 1.165) is 29.8 Å². The van der Waals surface area contributed by atoms with Gasteiger partial charge in [-0.3, -0.25) is 34.3 Å². The van der Waals surface area contributed by atoms with E-state index in [0.29, 0.717) is 24.2 Å². The highest BCUT2D eigenvalue weighted by Crippen LogP contribution is 2.29. The molecule has 3 N–H and O–H groups in total. The number of benzene rings is 1. The van der Waals surface area contributed by atoms with Gasteiger partial charge < -0.3 is 10.5 Å². The van der Waals surface area contributed by atoms with Crippen LogP contribution in [0.3, 0.4) is 0 Å². The van der Waals surface area contributed by atoms with Crippen LogP contribution in [-0.4, -0.2) is 71.8 Å². The minimum Gasteiger partial charge on any atom is -0.381 e. The first kappa shape index (κ1) is 20.6. The van der Waals surface area contributed by atoms with Gasteiger partial charge in [0, 0.05) is 39.2 Å². The van der Waals surface area contributed by atoms with Gasteiger partial charge in [-0.25, -0.2) is 0 Å². The Hall–Kier alpha value is -2.62. The molecule has 4 rings (SSSR count). The van der Waals surface area contributed by atoms with E-state index in [-0.39, 0.29) is 30.9 Å². The second kappa shape index (κ2) is 8.25. The summed E-state index contributed by atoms with van der Waals surface area (Å²) in [7, 11) is 1.71. The average Bonchev–Trinajstić information content (AvgIpc) is 2.98. The van der Waals surface area contributed by atoms with Gasteiger partial charge in [-0.05, 0) is 37.0 Å². The number of nitrogens with one attached hydrogen (secondary N) is 1. The molecule has 1 aromatic rings. The number of hydrogen-bond donors (Lipinski definition) is 2. The minimum atomic E-state index is -0.951. The Morgan fingerprint density at radius 1 is 1.13 bits per heavy atom. The zero-order valence-corrected chi connectivity index (χ0v) is 16.9. The lowest BCUT2D eigenvalue weighted by atomic mass is 9.97. The molecule has 3 aliphatic heterocycles. The number of nitrogens with two attached hydrogens (primary N) is 1. The Balaban J connectivity index is 1.52. The fraction of sp³-hybridized carbons (Fsp3) is 0.524. The van der Waals surface area contributed by atoms with E-state index >= 15 is 0 Å². The van der Waals surface area contributed by atoms with Crippen LogP contribution in [0.15, 0.2) is 18.2 Å². The fourth-order valence-corrected chi connectivity index (χ4v) is 4.58. The van der Waals surface area contributed by atoms with E-state index in [1.54, 1.807) is 19.2 Å². The Morgan fingerprint density at radius 3 is 2.60 bits per heavy atom. The summed E-state index contributed by atoms with van der Waals surface area (Å²) in [6.45, 7) is 1.98. The quantitative estimate of drug-likeness (QED) is 0.652. The third-order valence-corrected chi connectivity index (χ3v) is 6.28. The lowest BCUT2D eigenvalue weighted by molar-refractivity contribution is -0.136. The van der Waals surface area contributed by atoms with E-state index in [9.17, 15) is 19.2 Å². The van der Waals surface area contributed by atoms with Crippen LogP contribution in [0.2, 0.25) is 0 Å². The zero-order valence-electron chi connectivity index (χ0n) is 16.9. The Labute approximate surface area is 174 Å². The summed E-state index contributed by atoms with van der Waals surface area (Å²) in [5, 5.41) is 2.21. The van der Waals surface area contributed by atoms with E-state index in [1.165, 1.54) is 0 Å². The van der Waals surface area contributed by atoms with Crippen molar-refractivity contribution >= 4 is 23.6 Å². The molecule has 0 aromatic heterocycles. The van der Waals surface area contributed by atoms with Crippen molar-refractivity contribution in [3.05, 3.63) is 34.9 Å². The molecule has 0 spiro atoms. The molecule has 3 heterocycles. The number of fused-ring (bicyclic) bond motifs is 1. The molecule has 3 atom stereocenters. The summed E-state index contributed by atoms with van der Waals surface area (Å²) < 4.78 is 5.47. The maximum atomic E-state index is 13.0. The Bertz CT molecular complexity index is 901. The molecule has 9 nitrogen and oxygen atoms in total. The third kappa shape index (κ3) is 3.64. The van der Waals surface area contributed by atoms with Gasteiger partial charge >= 0.3 is 0 Å². The molecule has 1 unspecified atom stereocenters. The molecular weight excluding hydrogens is 388 g/mol. The first-order valence-electron chi connectivity index (χ1n) is 10.2. The van der Waals surface area contributed by atoms with Gasteiger partial charge in [-0.15, -0.1) is 0 Å². The van der Waals surface area contributed by atoms with Gasteiger partial charge in [0.2, 0.25) is 11.8 Å². The molecule has 2 fully saturated rings. The van der Waals surface area contributed by atoms with Crippen molar-refractivity contribution in [2.24, 2.45) is 5.73 Å². The van der Waals surface area contributed by atoms with E-state index in [1.807, 2.05) is 6.07 Å². The van der Waals surface area contributed by atoms with Crippen molar-refractivity contribution < 1.29 is 23.9 Å². The number of carbonyl (C=O) groups is 4. The number of piperidine rings is 2. The summed E-state index contributed by atoms with van der Waals surface area (Å²) in [5.74, 6) is -1.97. The molecule has 4 amide bonds. The number of carbonyl (C=O) groups excluding carboxylic acids is 4. The van der Waals surface area contributed by atoms with Crippen molar-refractivity contribution in [3.63, 3.8) is 0 Å². The smallest absolute Gasteiger partial charge is 0.262 e. The summed E-state index contributed by atoms with van der Waals surface area (Å²) in [4.78, 5) is 52.6. The molecule has 0 aliphatic carbocycles. The van der Waals surface area contributed by atoms with Crippen LogP contribution in [0, 0.1) is 0 Å². The molecule has 160 valence electrons. The number of rotatable bonds is 5. The molecular formula is C21H26N4O5. The molecule has 0 saturated carbocycles. The highest BCUT2D eigenvalue weighted by molar-refractivity contribution is 6.23. The first-order valence-corrected chi connectivity index (χ1v) is 10.2. The topological polar surface area (TPSA) is 122 Å². The van der Waals surface area contributed by atoms with Gasteiger partial charge in [0.25, 0.3) is 11.8 Å². The molecule has 1 aromatic carbocycles. The lowest BCUT2D eigenvalue weighted by Gasteiger charge is -2.38. The van der Waals surface area contributed by atoms with Crippen LogP contribution in [0.5, 0.6) is 0 Å². The van der Waals surface area contributed by atoms with Crippen molar-refractivity contribution in [2.75, 3.05) is 20.2 Å². The highest BCUT2D eigenvalue weighted by atomic mass is 16.5. The van der Waals surface area contributed by atoms with Gasteiger partial charge in [0.1, 0.15) is 6.04 Å². The van der Waals surface area contributed by atoms with E-state index in [4.69, 9.17) is 10.5 Å². The van der Waals surface area contributed by atoms with Crippen molar-refractivity contribution in [1.82, 2.24) is 15.1 Å². The number of imide groups is 2. The molecule has 0 bridgehead atoms. The van der Waals surface area contributed by atoms with E-state index < -0.39 is 23.8 Å². The predicted molar refractivity (Wildman–Crippen MR) is 106 cm³/mol.